The Morgan fingerprint density at radius 2 is 1.60 bits per heavy atom. The zero-order valence-electron chi connectivity index (χ0n) is 13.4. The Hall–Kier alpha value is -0.0800. The average molecular weight is 279 g/mol. The maximum atomic E-state index is 9.60. The summed E-state index contributed by atoms with van der Waals surface area (Å²) in [4.78, 5) is 2.76. The lowest BCUT2D eigenvalue weighted by Gasteiger charge is -2.41. The molecule has 1 N–H and O–H groups in total. The Bertz CT molecular complexity index is 311. The van der Waals surface area contributed by atoms with Crippen molar-refractivity contribution >= 4 is 0 Å². The van der Waals surface area contributed by atoms with Crippen molar-refractivity contribution < 1.29 is 5.11 Å². The standard InChI is InChI=1S/C18H33NO/c1-13-3-8-17-14(2)11-19(12-18(13)17)10-9-15-4-6-16(20)7-5-15/h13-18,20H,3-12H2,1-2H3/t13-,14?,15?,16?,17?,18?/m0/s1. The van der Waals surface area contributed by atoms with Crippen LogP contribution in [0.3, 0.4) is 0 Å². The highest BCUT2D eigenvalue weighted by molar-refractivity contribution is 4.92. The zero-order chi connectivity index (χ0) is 14.1. The second kappa shape index (κ2) is 6.36. The molecule has 0 aromatic carbocycles. The molecule has 3 rings (SSSR count). The highest BCUT2D eigenvalue weighted by Crippen LogP contribution is 2.44. The van der Waals surface area contributed by atoms with E-state index in [9.17, 15) is 5.11 Å². The lowest BCUT2D eigenvalue weighted by molar-refractivity contribution is 0.0610. The molecular formula is C18H33NO. The molecule has 1 heterocycles. The molecule has 2 heteroatoms. The first-order valence-corrected chi connectivity index (χ1v) is 9.04. The fraction of sp³-hybridized carbons (Fsp3) is 1.00. The van der Waals surface area contributed by atoms with Crippen LogP contribution in [0.4, 0.5) is 0 Å². The van der Waals surface area contributed by atoms with Gasteiger partial charge in [-0.2, -0.15) is 0 Å². The van der Waals surface area contributed by atoms with Gasteiger partial charge in [-0.05, 0) is 74.7 Å². The predicted molar refractivity (Wildman–Crippen MR) is 83.6 cm³/mol. The summed E-state index contributed by atoms with van der Waals surface area (Å²) in [6.07, 6.45) is 8.92. The summed E-state index contributed by atoms with van der Waals surface area (Å²) in [5, 5.41) is 9.60. The van der Waals surface area contributed by atoms with E-state index in [1.165, 1.54) is 51.7 Å². The van der Waals surface area contributed by atoms with E-state index in [-0.39, 0.29) is 6.10 Å². The average Bonchev–Trinajstić information content (AvgIpc) is 2.81. The summed E-state index contributed by atoms with van der Waals surface area (Å²) in [6.45, 7) is 8.97. The molecule has 3 aliphatic rings. The van der Waals surface area contributed by atoms with Crippen molar-refractivity contribution in [2.45, 2.75) is 64.9 Å². The third kappa shape index (κ3) is 3.22. The van der Waals surface area contributed by atoms with Crippen LogP contribution in [0.5, 0.6) is 0 Å². The lowest BCUT2D eigenvalue weighted by Crippen LogP contribution is -2.45. The smallest absolute Gasteiger partial charge is 0.0540 e. The van der Waals surface area contributed by atoms with Gasteiger partial charge in [0, 0.05) is 13.1 Å². The van der Waals surface area contributed by atoms with Gasteiger partial charge < -0.3 is 10.0 Å². The van der Waals surface area contributed by atoms with Crippen molar-refractivity contribution in [3.63, 3.8) is 0 Å². The molecule has 2 saturated carbocycles. The van der Waals surface area contributed by atoms with Gasteiger partial charge in [0.1, 0.15) is 0 Å². The number of fused-ring (bicyclic) bond motifs is 1. The molecule has 0 aromatic heterocycles. The van der Waals surface area contributed by atoms with Crippen LogP contribution >= 0.6 is 0 Å². The highest BCUT2D eigenvalue weighted by Gasteiger charge is 2.41. The Morgan fingerprint density at radius 3 is 2.35 bits per heavy atom. The van der Waals surface area contributed by atoms with Gasteiger partial charge in [-0.1, -0.05) is 20.3 Å². The number of rotatable bonds is 3. The Kier molecular flexibility index (Phi) is 4.72. The number of nitrogens with zero attached hydrogens (tertiary/aromatic N) is 1. The first-order chi connectivity index (χ1) is 9.63. The molecule has 1 saturated heterocycles. The van der Waals surface area contributed by atoms with Crippen LogP contribution in [0, 0.1) is 29.6 Å². The van der Waals surface area contributed by atoms with E-state index in [0.29, 0.717) is 0 Å². The minimum atomic E-state index is 0.00126. The summed E-state index contributed by atoms with van der Waals surface area (Å²) in [5.74, 6) is 4.74. The van der Waals surface area contributed by atoms with E-state index in [1.807, 2.05) is 0 Å². The number of hydrogen-bond donors (Lipinski definition) is 1. The van der Waals surface area contributed by atoms with Crippen LogP contribution in [0.25, 0.3) is 0 Å². The molecule has 2 aliphatic carbocycles. The van der Waals surface area contributed by atoms with Crippen molar-refractivity contribution in [1.82, 2.24) is 4.90 Å². The number of hydrogen-bond acceptors (Lipinski definition) is 2. The largest absolute Gasteiger partial charge is 0.393 e. The molecule has 0 radical (unpaired) electrons. The van der Waals surface area contributed by atoms with Gasteiger partial charge in [0.05, 0.1) is 6.10 Å². The van der Waals surface area contributed by atoms with Crippen LogP contribution in [-0.2, 0) is 0 Å². The van der Waals surface area contributed by atoms with E-state index in [2.05, 4.69) is 18.7 Å². The summed E-state index contributed by atoms with van der Waals surface area (Å²) < 4.78 is 0. The molecule has 0 bridgehead atoms. The van der Waals surface area contributed by atoms with Crippen LogP contribution < -0.4 is 0 Å². The molecule has 1 aliphatic heterocycles. The van der Waals surface area contributed by atoms with Gasteiger partial charge in [-0.25, -0.2) is 0 Å². The summed E-state index contributed by atoms with van der Waals surface area (Å²) in [6, 6.07) is 0. The summed E-state index contributed by atoms with van der Waals surface area (Å²) in [5.41, 5.74) is 0. The van der Waals surface area contributed by atoms with Crippen molar-refractivity contribution in [3.05, 3.63) is 0 Å². The van der Waals surface area contributed by atoms with Crippen LogP contribution in [0.2, 0.25) is 0 Å². The quantitative estimate of drug-likeness (QED) is 0.854. The number of aliphatic hydroxyl groups is 1. The van der Waals surface area contributed by atoms with E-state index < -0.39 is 0 Å². The lowest BCUT2D eigenvalue weighted by atomic mass is 9.78. The maximum absolute atomic E-state index is 9.60. The van der Waals surface area contributed by atoms with Crippen molar-refractivity contribution in [2.24, 2.45) is 29.6 Å². The minimum Gasteiger partial charge on any atom is -0.393 e. The number of piperidine rings is 1. The predicted octanol–water partition coefficient (Wildman–Crippen LogP) is 3.54. The minimum absolute atomic E-state index is 0.00126. The molecule has 0 amide bonds. The molecule has 2 nitrogen and oxygen atoms in total. The van der Waals surface area contributed by atoms with Gasteiger partial charge in [0.2, 0.25) is 0 Å². The molecule has 4 atom stereocenters. The normalized spacial score (nSPS) is 46.4. The monoisotopic (exact) mass is 279 g/mol. The molecule has 0 spiro atoms. The Morgan fingerprint density at radius 1 is 0.850 bits per heavy atom. The van der Waals surface area contributed by atoms with Gasteiger partial charge in [0.15, 0.2) is 0 Å². The second-order valence-electron chi connectivity index (χ2n) is 8.08. The zero-order valence-corrected chi connectivity index (χ0v) is 13.4. The first-order valence-electron chi connectivity index (χ1n) is 9.04. The van der Waals surface area contributed by atoms with E-state index in [0.717, 1.165) is 42.4 Å². The van der Waals surface area contributed by atoms with Gasteiger partial charge in [-0.3, -0.25) is 0 Å². The van der Waals surface area contributed by atoms with Gasteiger partial charge in [0.25, 0.3) is 0 Å². The van der Waals surface area contributed by atoms with Crippen LogP contribution in [0.15, 0.2) is 0 Å². The molecule has 116 valence electrons. The first kappa shape index (κ1) is 14.8. The highest BCUT2D eigenvalue weighted by atomic mass is 16.3. The fourth-order valence-electron chi connectivity index (χ4n) is 5.22. The molecule has 3 fully saturated rings. The van der Waals surface area contributed by atoms with Gasteiger partial charge >= 0.3 is 0 Å². The summed E-state index contributed by atoms with van der Waals surface area (Å²) >= 11 is 0. The topological polar surface area (TPSA) is 23.5 Å². The molecular weight excluding hydrogens is 246 g/mol. The number of aliphatic hydroxyl groups excluding tert-OH is 1. The van der Waals surface area contributed by atoms with E-state index >= 15 is 0 Å². The second-order valence-corrected chi connectivity index (χ2v) is 8.08. The number of likely N-dealkylation sites (tertiary alicyclic amines) is 1. The SMILES string of the molecule is CC1CN(CCC2CCC(O)CC2)CC2C1CC[C@@H]2C. The Labute approximate surface area is 124 Å². The van der Waals surface area contributed by atoms with E-state index in [4.69, 9.17) is 0 Å². The van der Waals surface area contributed by atoms with Crippen LogP contribution in [0.1, 0.15) is 58.8 Å². The maximum Gasteiger partial charge on any atom is 0.0540 e. The third-order valence-electron chi connectivity index (χ3n) is 6.65. The third-order valence-corrected chi connectivity index (χ3v) is 6.65. The molecule has 20 heavy (non-hydrogen) atoms. The van der Waals surface area contributed by atoms with Crippen molar-refractivity contribution in [2.75, 3.05) is 19.6 Å². The Balaban J connectivity index is 1.46. The fourth-order valence-corrected chi connectivity index (χ4v) is 5.22. The van der Waals surface area contributed by atoms with Crippen molar-refractivity contribution in [3.8, 4) is 0 Å². The van der Waals surface area contributed by atoms with Gasteiger partial charge in [-0.15, -0.1) is 0 Å². The van der Waals surface area contributed by atoms with Crippen molar-refractivity contribution in [1.29, 1.82) is 0 Å². The molecule has 3 unspecified atom stereocenters. The van der Waals surface area contributed by atoms with Crippen LogP contribution in [-0.4, -0.2) is 35.7 Å². The summed E-state index contributed by atoms with van der Waals surface area (Å²) in [7, 11) is 0. The molecule has 0 aromatic rings. The van der Waals surface area contributed by atoms with E-state index in [1.54, 1.807) is 0 Å².